The average molecular weight is 295 g/mol. The zero-order chi connectivity index (χ0) is 15.2. The van der Waals surface area contributed by atoms with Crippen molar-refractivity contribution in [3.8, 4) is 11.5 Å². The van der Waals surface area contributed by atoms with E-state index in [4.69, 9.17) is 14.2 Å². The Morgan fingerprint density at radius 3 is 2.62 bits per heavy atom. The smallest absolute Gasteiger partial charge is 0.321 e. The first-order valence-corrected chi connectivity index (χ1v) is 6.91. The Labute approximate surface area is 124 Å². The lowest BCUT2D eigenvalue weighted by atomic mass is 10.0. The molecule has 0 amide bonds. The fourth-order valence-corrected chi connectivity index (χ4v) is 2.51. The summed E-state index contributed by atoms with van der Waals surface area (Å²) in [6, 6.07) is 4.84. The normalized spacial score (nSPS) is 17.2. The first-order valence-electron chi connectivity index (χ1n) is 6.91. The summed E-state index contributed by atoms with van der Waals surface area (Å²) in [4.78, 5) is 13.5. The SMILES string of the molecule is COc1ccc(OC)c(C[C@H](C(=O)O)N2CCOCC2)c1. The van der Waals surface area contributed by atoms with E-state index in [-0.39, 0.29) is 0 Å². The largest absolute Gasteiger partial charge is 0.497 e. The topological polar surface area (TPSA) is 68.2 Å². The number of carbonyl (C=O) groups is 1. The molecular weight excluding hydrogens is 274 g/mol. The van der Waals surface area contributed by atoms with Crippen LogP contribution in [0.3, 0.4) is 0 Å². The summed E-state index contributed by atoms with van der Waals surface area (Å²) in [5.74, 6) is 0.536. The summed E-state index contributed by atoms with van der Waals surface area (Å²) in [6.45, 7) is 2.39. The van der Waals surface area contributed by atoms with Crippen LogP contribution in [-0.2, 0) is 16.0 Å². The summed E-state index contributed by atoms with van der Waals surface area (Å²) in [7, 11) is 3.16. The number of hydrogen-bond donors (Lipinski definition) is 1. The second-order valence-corrected chi connectivity index (χ2v) is 4.88. The Hall–Kier alpha value is -1.79. The van der Waals surface area contributed by atoms with E-state index in [1.807, 2.05) is 11.0 Å². The fourth-order valence-electron chi connectivity index (χ4n) is 2.51. The van der Waals surface area contributed by atoms with E-state index in [1.54, 1.807) is 26.4 Å². The van der Waals surface area contributed by atoms with Crippen LogP contribution in [0.15, 0.2) is 18.2 Å². The average Bonchev–Trinajstić information content (AvgIpc) is 2.52. The van der Waals surface area contributed by atoms with Gasteiger partial charge in [-0.05, 0) is 23.8 Å². The second-order valence-electron chi connectivity index (χ2n) is 4.88. The molecular formula is C15H21NO5. The van der Waals surface area contributed by atoms with Crippen LogP contribution in [0.1, 0.15) is 5.56 Å². The van der Waals surface area contributed by atoms with Crippen LogP contribution in [0.25, 0.3) is 0 Å². The maximum atomic E-state index is 11.6. The summed E-state index contributed by atoms with van der Waals surface area (Å²) in [6.07, 6.45) is 0.371. The predicted octanol–water partition coefficient (Wildman–Crippen LogP) is 1.03. The number of rotatable bonds is 6. The quantitative estimate of drug-likeness (QED) is 0.845. The standard InChI is InChI=1S/C15H21NO5/c1-19-12-3-4-14(20-2)11(9-12)10-13(15(17)18)16-5-7-21-8-6-16/h3-4,9,13H,5-8,10H2,1-2H3,(H,17,18)/t13-/m1/s1. The minimum atomic E-state index is -0.832. The van der Waals surface area contributed by atoms with Crippen molar-refractivity contribution < 1.29 is 24.1 Å². The highest BCUT2D eigenvalue weighted by molar-refractivity contribution is 5.74. The van der Waals surface area contributed by atoms with Crippen LogP contribution in [-0.4, -0.2) is 62.5 Å². The van der Waals surface area contributed by atoms with Gasteiger partial charge in [-0.25, -0.2) is 0 Å². The summed E-state index contributed by atoms with van der Waals surface area (Å²) in [5.41, 5.74) is 0.829. The minimum Gasteiger partial charge on any atom is -0.497 e. The Morgan fingerprint density at radius 2 is 2.05 bits per heavy atom. The number of nitrogens with zero attached hydrogens (tertiary/aromatic N) is 1. The van der Waals surface area contributed by atoms with Gasteiger partial charge in [0, 0.05) is 19.5 Å². The van der Waals surface area contributed by atoms with Crippen molar-refractivity contribution in [2.24, 2.45) is 0 Å². The first-order chi connectivity index (χ1) is 10.2. The van der Waals surface area contributed by atoms with E-state index in [9.17, 15) is 9.90 Å². The molecule has 1 aliphatic heterocycles. The molecule has 1 heterocycles. The van der Waals surface area contributed by atoms with E-state index >= 15 is 0 Å². The number of carboxylic acid groups (broad SMARTS) is 1. The maximum Gasteiger partial charge on any atom is 0.321 e. The third kappa shape index (κ3) is 3.86. The molecule has 0 unspecified atom stereocenters. The number of morpholine rings is 1. The number of hydrogen-bond acceptors (Lipinski definition) is 5. The van der Waals surface area contributed by atoms with Gasteiger partial charge in [0.2, 0.25) is 0 Å². The molecule has 0 aliphatic carbocycles. The van der Waals surface area contributed by atoms with Gasteiger partial charge in [0.1, 0.15) is 17.5 Å². The van der Waals surface area contributed by atoms with Crippen molar-refractivity contribution in [2.45, 2.75) is 12.5 Å². The summed E-state index contributed by atoms with van der Waals surface area (Å²) in [5, 5.41) is 9.52. The van der Waals surface area contributed by atoms with Gasteiger partial charge in [-0.1, -0.05) is 0 Å². The van der Waals surface area contributed by atoms with E-state index in [1.165, 1.54) is 0 Å². The number of carboxylic acids is 1. The highest BCUT2D eigenvalue weighted by Crippen LogP contribution is 2.26. The van der Waals surface area contributed by atoms with Gasteiger partial charge in [0.25, 0.3) is 0 Å². The van der Waals surface area contributed by atoms with Crippen molar-refractivity contribution in [3.63, 3.8) is 0 Å². The van der Waals surface area contributed by atoms with Crippen LogP contribution >= 0.6 is 0 Å². The monoisotopic (exact) mass is 295 g/mol. The fraction of sp³-hybridized carbons (Fsp3) is 0.533. The Bertz CT molecular complexity index is 485. The molecule has 2 rings (SSSR count). The molecule has 0 spiro atoms. The van der Waals surface area contributed by atoms with Gasteiger partial charge in [-0.15, -0.1) is 0 Å². The lowest BCUT2D eigenvalue weighted by Crippen LogP contribution is -2.48. The molecule has 1 fully saturated rings. The van der Waals surface area contributed by atoms with Crippen molar-refractivity contribution in [1.82, 2.24) is 4.90 Å². The van der Waals surface area contributed by atoms with Gasteiger partial charge >= 0.3 is 5.97 Å². The molecule has 1 atom stereocenters. The van der Waals surface area contributed by atoms with Crippen LogP contribution in [0.4, 0.5) is 0 Å². The van der Waals surface area contributed by atoms with Crippen LogP contribution in [0, 0.1) is 0 Å². The number of ether oxygens (including phenoxy) is 3. The van der Waals surface area contributed by atoms with Crippen molar-refractivity contribution >= 4 is 5.97 Å². The molecule has 116 valence electrons. The van der Waals surface area contributed by atoms with E-state index in [0.29, 0.717) is 44.2 Å². The molecule has 21 heavy (non-hydrogen) atoms. The first kappa shape index (κ1) is 15.6. The van der Waals surface area contributed by atoms with E-state index < -0.39 is 12.0 Å². The molecule has 1 aromatic rings. The molecule has 1 aliphatic rings. The van der Waals surface area contributed by atoms with E-state index in [2.05, 4.69) is 0 Å². The predicted molar refractivity (Wildman–Crippen MR) is 77.1 cm³/mol. The molecule has 0 saturated carbocycles. The van der Waals surface area contributed by atoms with Crippen molar-refractivity contribution in [1.29, 1.82) is 0 Å². The van der Waals surface area contributed by atoms with Crippen molar-refractivity contribution in [3.05, 3.63) is 23.8 Å². The maximum absolute atomic E-state index is 11.6. The highest BCUT2D eigenvalue weighted by atomic mass is 16.5. The van der Waals surface area contributed by atoms with Crippen LogP contribution in [0.2, 0.25) is 0 Å². The van der Waals surface area contributed by atoms with Gasteiger partial charge in [-0.3, -0.25) is 9.69 Å². The van der Waals surface area contributed by atoms with E-state index in [0.717, 1.165) is 5.56 Å². The Morgan fingerprint density at radius 1 is 1.33 bits per heavy atom. The number of aliphatic carboxylic acids is 1. The molecule has 6 nitrogen and oxygen atoms in total. The zero-order valence-corrected chi connectivity index (χ0v) is 12.4. The summed E-state index contributed by atoms with van der Waals surface area (Å²) >= 11 is 0. The third-order valence-corrected chi connectivity index (χ3v) is 3.67. The van der Waals surface area contributed by atoms with Gasteiger partial charge < -0.3 is 19.3 Å². The third-order valence-electron chi connectivity index (χ3n) is 3.67. The number of methoxy groups -OCH3 is 2. The summed E-state index contributed by atoms with van der Waals surface area (Å²) < 4.78 is 15.8. The lowest BCUT2D eigenvalue weighted by Gasteiger charge is -2.32. The van der Waals surface area contributed by atoms with Crippen molar-refractivity contribution in [2.75, 3.05) is 40.5 Å². The molecule has 0 bridgehead atoms. The molecule has 0 aromatic heterocycles. The Kier molecular flexibility index (Phi) is 5.41. The molecule has 1 saturated heterocycles. The van der Waals surface area contributed by atoms with Gasteiger partial charge in [-0.2, -0.15) is 0 Å². The molecule has 0 radical (unpaired) electrons. The van der Waals surface area contributed by atoms with Crippen LogP contribution in [0.5, 0.6) is 11.5 Å². The highest BCUT2D eigenvalue weighted by Gasteiger charge is 2.28. The lowest BCUT2D eigenvalue weighted by molar-refractivity contribution is -0.145. The molecule has 6 heteroatoms. The molecule has 1 aromatic carbocycles. The van der Waals surface area contributed by atoms with Crippen LogP contribution < -0.4 is 9.47 Å². The second kappa shape index (κ2) is 7.28. The Balaban J connectivity index is 2.21. The number of benzene rings is 1. The van der Waals surface area contributed by atoms with Gasteiger partial charge in [0.15, 0.2) is 0 Å². The van der Waals surface area contributed by atoms with Gasteiger partial charge in [0.05, 0.1) is 27.4 Å². The zero-order valence-electron chi connectivity index (χ0n) is 12.4. The minimum absolute atomic E-state index is 0.371. The molecule has 1 N–H and O–H groups in total.